The van der Waals surface area contributed by atoms with E-state index >= 15 is 0 Å². The van der Waals surface area contributed by atoms with Crippen molar-refractivity contribution >= 4 is 5.91 Å². The van der Waals surface area contributed by atoms with E-state index in [0.29, 0.717) is 24.7 Å². The summed E-state index contributed by atoms with van der Waals surface area (Å²) in [6, 6.07) is 3.31. The van der Waals surface area contributed by atoms with Gasteiger partial charge < -0.3 is 9.47 Å². The van der Waals surface area contributed by atoms with E-state index in [1.807, 2.05) is 6.92 Å². The lowest BCUT2D eigenvalue weighted by Gasteiger charge is -2.22. The molecule has 0 aromatic carbocycles. The van der Waals surface area contributed by atoms with Gasteiger partial charge >= 0.3 is 0 Å². The number of hydrogen-bond donors (Lipinski definition) is 1. The van der Waals surface area contributed by atoms with Crippen molar-refractivity contribution in [2.45, 2.75) is 32.5 Å². The zero-order valence-corrected chi connectivity index (χ0v) is 10.9. The van der Waals surface area contributed by atoms with Gasteiger partial charge in [-0.1, -0.05) is 0 Å². The summed E-state index contributed by atoms with van der Waals surface area (Å²) in [6.07, 6.45) is 4.06. The lowest BCUT2D eigenvalue weighted by Crippen LogP contribution is -2.33. The van der Waals surface area contributed by atoms with Crippen molar-refractivity contribution in [3.63, 3.8) is 0 Å². The number of hydrogen-bond acceptors (Lipinski definition) is 5. The number of carbonyl (C=O) groups is 1. The molecule has 1 saturated heterocycles. The summed E-state index contributed by atoms with van der Waals surface area (Å²) >= 11 is 0. The van der Waals surface area contributed by atoms with Gasteiger partial charge in [0, 0.05) is 19.2 Å². The molecule has 104 valence electrons. The number of pyridine rings is 1. The monoisotopic (exact) mass is 266 g/mol. The van der Waals surface area contributed by atoms with Crippen LogP contribution in [0.2, 0.25) is 0 Å². The minimum absolute atomic E-state index is 0.302. The Balaban J connectivity index is 1.91. The highest BCUT2D eigenvalue weighted by atomic mass is 16.8. The van der Waals surface area contributed by atoms with Gasteiger partial charge in [0.05, 0.1) is 6.61 Å². The molecule has 0 aliphatic carbocycles. The van der Waals surface area contributed by atoms with E-state index < -0.39 is 0 Å². The van der Waals surface area contributed by atoms with Gasteiger partial charge in [-0.2, -0.15) is 0 Å². The fourth-order valence-corrected chi connectivity index (χ4v) is 1.79. The molecule has 1 fully saturated rings. The van der Waals surface area contributed by atoms with Gasteiger partial charge in [0.2, 0.25) is 5.88 Å². The van der Waals surface area contributed by atoms with Crippen LogP contribution in [-0.2, 0) is 9.57 Å². The maximum Gasteiger partial charge on any atom is 0.280 e. The fourth-order valence-electron chi connectivity index (χ4n) is 1.79. The van der Waals surface area contributed by atoms with Crippen LogP contribution in [0.25, 0.3) is 0 Å². The van der Waals surface area contributed by atoms with Crippen LogP contribution in [0.15, 0.2) is 18.3 Å². The van der Waals surface area contributed by atoms with Crippen LogP contribution in [-0.4, -0.2) is 30.4 Å². The summed E-state index contributed by atoms with van der Waals surface area (Å²) in [5, 5.41) is 0. The number of aromatic nitrogens is 1. The Kier molecular flexibility index (Phi) is 5.11. The molecule has 1 aliphatic rings. The Labute approximate surface area is 112 Å². The molecule has 6 nitrogen and oxygen atoms in total. The van der Waals surface area contributed by atoms with Crippen molar-refractivity contribution in [2.75, 3.05) is 13.2 Å². The first-order chi connectivity index (χ1) is 9.31. The molecule has 1 amide bonds. The van der Waals surface area contributed by atoms with Crippen LogP contribution in [0.4, 0.5) is 0 Å². The zero-order chi connectivity index (χ0) is 13.5. The normalized spacial score (nSPS) is 18.9. The summed E-state index contributed by atoms with van der Waals surface area (Å²) in [5.74, 6) is -0.0821. The van der Waals surface area contributed by atoms with Crippen LogP contribution < -0.4 is 10.2 Å². The molecule has 0 saturated carbocycles. The summed E-state index contributed by atoms with van der Waals surface area (Å²) < 4.78 is 10.6. The molecule has 1 aliphatic heterocycles. The standard InChI is InChI=1S/C13H18N2O4/c1-2-17-13-10(6-5-8-14-13)12(16)15-19-11-7-3-4-9-18-11/h5-6,8,11H,2-4,7,9H2,1H3,(H,15,16). The maximum absolute atomic E-state index is 12.0. The lowest BCUT2D eigenvalue weighted by atomic mass is 10.2. The molecule has 2 heterocycles. The molecular weight excluding hydrogens is 248 g/mol. The molecule has 2 rings (SSSR count). The van der Waals surface area contributed by atoms with Crippen molar-refractivity contribution < 1.29 is 19.1 Å². The first-order valence-corrected chi connectivity index (χ1v) is 6.46. The summed E-state index contributed by atoms with van der Waals surface area (Å²) in [5.41, 5.74) is 2.73. The Hall–Kier alpha value is -1.66. The quantitative estimate of drug-likeness (QED) is 0.821. The summed E-state index contributed by atoms with van der Waals surface area (Å²) in [7, 11) is 0. The third-order valence-electron chi connectivity index (χ3n) is 2.72. The average Bonchev–Trinajstić information content (AvgIpc) is 2.47. The molecule has 1 atom stereocenters. The summed E-state index contributed by atoms with van der Waals surface area (Å²) in [6.45, 7) is 2.95. The number of nitrogens with zero attached hydrogens (tertiary/aromatic N) is 1. The first kappa shape index (κ1) is 13.8. The molecule has 1 aromatic heterocycles. The van der Waals surface area contributed by atoms with Crippen molar-refractivity contribution in [3.8, 4) is 5.88 Å². The second kappa shape index (κ2) is 7.06. The molecular formula is C13H18N2O4. The van der Waals surface area contributed by atoms with Crippen LogP contribution in [0, 0.1) is 0 Å². The molecule has 0 spiro atoms. The van der Waals surface area contributed by atoms with Crippen molar-refractivity contribution in [2.24, 2.45) is 0 Å². The molecule has 6 heteroatoms. The molecule has 0 bridgehead atoms. The van der Waals surface area contributed by atoms with Gasteiger partial charge in [-0.15, -0.1) is 0 Å². The van der Waals surface area contributed by atoms with E-state index in [-0.39, 0.29) is 12.2 Å². The van der Waals surface area contributed by atoms with Crippen molar-refractivity contribution in [1.82, 2.24) is 10.5 Å². The highest BCUT2D eigenvalue weighted by molar-refractivity contribution is 5.95. The molecule has 1 N–H and O–H groups in total. The van der Waals surface area contributed by atoms with E-state index in [9.17, 15) is 4.79 Å². The smallest absolute Gasteiger partial charge is 0.280 e. The van der Waals surface area contributed by atoms with Crippen LogP contribution >= 0.6 is 0 Å². The zero-order valence-electron chi connectivity index (χ0n) is 10.9. The summed E-state index contributed by atoms with van der Waals surface area (Å²) in [4.78, 5) is 21.2. The third-order valence-corrected chi connectivity index (χ3v) is 2.72. The Morgan fingerprint density at radius 3 is 3.21 bits per heavy atom. The fraction of sp³-hybridized carbons (Fsp3) is 0.538. The Morgan fingerprint density at radius 1 is 1.58 bits per heavy atom. The Bertz CT molecular complexity index is 419. The van der Waals surface area contributed by atoms with Gasteiger partial charge in [0.15, 0.2) is 6.29 Å². The van der Waals surface area contributed by atoms with Gasteiger partial charge in [-0.25, -0.2) is 15.3 Å². The topological polar surface area (TPSA) is 69.7 Å². The number of carbonyl (C=O) groups excluding carboxylic acids is 1. The molecule has 0 radical (unpaired) electrons. The predicted molar refractivity (Wildman–Crippen MR) is 67.5 cm³/mol. The van der Waals surface area contributed by atoms with E-state index in [4.69, 9.17) is 14.3 Å². The van der Waals surface area contributed by atoms with Crippen LogP contribution in [0.3, 0.4) is 0 Å². The Morgan fingerprint density at radius 2 is 2.47 bits per heavy atom. The predicted octanol–water partition coefficient (Wildman–Crippen LogP) is 1.67. The molecule has 1 unspecified atom stereocenters. The average molecular weight is 266 g/mol. The molecule has 19 heavy (non-hydrogen) atoms. The molecule has 1 aromatic rings. The number of nitrogens with one attached hydrogen (secondary N) is 1. The van der Waals surface area contributed by atoms with Crippen LogP contribution in [0.1, 0.15) is 36.5 Å². The van der Waals surface area contributed by atoms with E-state index in [0.717, 1.165) is 19.3 Å². The van der Waals surface area contributed by atoms with E-state index in [1.54, 1.807) is 18.3 Å². The van der Waals surface area contributed by atoms with E-state index in [2.05, 4.69) is 10.5 Å². The number of hydroxylamine groups is 1. The van der Waals surface area contributed by atoms with Gasteiger partial charge in [-0.3, -0.25) is 4.79 Å². The number of ether oxygens (including phenoxy) is 2. The third kappa shape index (κ3) is 3.90. The number of amides is 1. The lowest BCUT2D eigenvalue weighted by molar-refractivity contribution is -0.186. The highest BCUT2D eigenvalue weighted by Gasteiger charge is 2.18. The number of rotatable bonds is 5. The maximum atomic E-state index is 12.0. The van der Waals surface area contributed by atoms with Gasteiger partial charge in [-0.05, 0) is 31.9 Å². The van der Waals surface area contributed by atoms with Gasteiger partial charge in [0.25, 0.3) is 5.91 Å². The second-order valence-electron chi connectivity index (χ2n) is 4.13. The van der Waals surface area contributed by atoms with Crippen LogP contribution in [0.5, 0.6) is 5.88 Å². The SMILES string of the molecule is CCOc1ncccc1C(=O)NOC1CCCCO1. The van der Waals surface area contributed by atoms with Crippen molar-refractivity contribution in [1.29, 1.82) is 0 Å². The first-order valence-electron chi connectivity index (χ1n) is 6.46. The van der Waals surface area contributed by atoms with Crippen molar-refractivity contribution in [3.05, 3.63) is 23.9 Å². The highest BCUT2D eigenvalue weighted by Crippen LogP contribution is 2.15. The van der Waals surface area contributed by atoms with E-state index in [1.165, 1.54) is 0 Å². The van der Waals surface area contributed by atoms with Gasteiger partial charge in [0.1, 0.15) is 5.56 Å². The largest absolute Gasteiger partial charge is 0.477 e. The minimum atomic E-state index is -0.384. The second-order valence-corrected chi connectivity index (χ2v) is 4.13. The minimum Gasteiger partial charge on any atom is -0.477 e.